The van der Waals surface area contributed by atoms with Gasteiger partial charge in [-0.15, -0.1) is 0 Å². The molecule has 0 saturated heterocycles. The fraction of sp³-hybridized carbons (Fsp3) is 0.321. The lowest BCUT2D eigenvalue weighted by atomic mass is 9.96. The third-order valence-corrected chi connectivity index (χ3v) is 5.81. The lowest BCUT2D eigenvalue weighted by Crippen LogP contribution is -2.52. The number of aldehydes is 1. The molecule has 2 rings (SSSR count). The Hall–Kier alpha value is -4.87. The maximum atomic E-state index is 13.6. The van der Waals surface area contributed by atoms with Gasteiger partial charge in [0.25, 0.3) is 11.7 Å². The molecule has 2 unspecified atom stereocenters. The molecule has 4 N–H and O–H groups in total. The second-order valence-electron chi connectivity index (χ2n) is 9.33. The van der Waals surface area contributed by atoms with E-state index in [0.717, 1.165) is 10.5 Å². The van der Waals surface area contributed by atoms with Crippen molar-refractivity contribution in [1.82, 2.24) is 10.6 Å². The van der Waals surface area contributed by atoms with Gasteiger partial charge in [0.1, 0.15) is 18.9 Å². The molecule has 0 radical (unpaired) electrons. The van der Waals surface area contributed by atoms with Crippen LogP contribution >= 0.6 is 0 Å². The van der Waals surface area contributed by atoms with Crippen molar-refractivity contribution < 1.29 is 38.7 Å². The topological polar surface area (TPSA) is 179 Å². The largest absolute Gasteiger partial charge is 0.481 e. The summed E-state index contributed by atoms with van der Waals surface area (Å²) in [5.74, 6) is -5.32. The number of aliphatic carboxylic acids is 1. The summed E-state index contributed by atoms with van der Waals surface area (Å²) in [4.78, 5) is 87.1. The number of nitrogens with zero attached hydrogens (tertiary/aromatic N) is 1. The number of rotatable bonds is 12. The third-order valence-electron chi connectivity index (χ3n) is 5.81. The van der Waals surface area contributed by atoms with Crippen LogP contribution in [0.4, 0.5) is 11.4 Å². The van der Waals surface area contributed by atoms with Gasteiger partial charge in [0.2, 0.25) is 17.7 Å². The molecule has 0 fully saturated rings. The minimum absolute atomic E-state index is 0.0939. The predicted octanol–water partition coefficient (Wildman–Crippen LogP) is 1.45. The minimum Gasteiger partial charge on any atom is -0.481 e. The minimum atomic E-state index is -1.34. The number of ketones is 1. The molecule has 0 aliphatic carbocycles. The Labute approximate surface area is 231 Å². The van der Waals surface area contributed by atoms with Gasteiger partial charge >= 0.3 is 5.97 Å². The second-order valence-corrected chi connectivity index (χ2v) is 9.33. The molecule has 212 valence electrons. The Morgan fingerprint density at radius 1 is 0.975 bits per heavy atom. The lowest BCUT2D eigenvalue weighted by molar-refractivity contribution is -0.139. The van der Waals surface area contributed by atoms with Crippen molar-refractivity contribution in [2.24, 2.45) is 0 Å². The molecule has 12 heteroatoms. The highest BCUT2D eigenvalue weighted by molar-refractivity contribution is 6.43. The molecule has 2 atom stereocenters. The summed E-state index contributed by atoms with van der Waals surface area (Å²) in [6.07, 6.45) is -0.412. The van der Waals surface area contributed by atoms with Gasteiger partial charge in [0, 0.05) is 12.5 Å². The average molecular weight is 553 g/mol. The van der Waals surface area contributed by atoms with Crippen LogP contribution in [0.25, 0.3) is 0 Å². The summed E-state index contributed by atoms with van der Waals surface area (Å²) in [7, 11) is 0. The molecule has 12 nitrogen and oxygen atoms in total. The molecule has 2 aromatic rings. The average Bonchev–Trinajstić information content (AvgIpc) is 2.85. The fourth-order valence-electron chi connectivity index (χ4n) is 4.21. The Morgan fingerprint density at radius 2 is 1.57 bits per heavy atom. The Balaban J connectivity index is 2.37. The molecule has 0 saturated carbocycles. The SMILES string of the molecule is CC(=O)Nc1ccccc1N(CC(=O)NC(C=O)CC(=O)O)C(=O)C(C)NC(=O)C(=O)c1c(C)cc(C)cc1C. The lowest BCUT2D eigenvalue weighted by Gasteiger charge is -2.28. The number of para-hydroxylation sites is 2. The summed E-state index contributed by atoms with van der Waals surface area (Å²) in [5, 5.41) is 16.1. The van der Waals surface area contributed by atoms with E-state index < -0.39 is 60.4 Å². The number of carbonyl (C=O) groups is 7. The number of benzene rings is 2. The molecular formula is C28H32N4O8. The molecular weight excluding hydrogens is 520 g/mol. The number of carboxylic acids is 1. The van der Waals surface area contributed by atoms with Crippen LogP contribution in [-0.4, -0.2) is 65.4 Å². The third kappa shape index (κ3) is 8.32. The van der Waals surface area contributed by atoms with E-state index >= 15 is 0 Å². The Bertz CT molecular complexity index is 1330. The number of nitrogens with one attached hydrogen (secondary N) is 3. The van der Waals surface area contributed by atoms with Crippen LogP contribution in [0.15, 0.2) is 36.4 Å². The molecule has 0 bridgehead atoms. The van der Waals surface area contributed by atoms with Crippen LogP contribution in [0, 0.1) is 20.8 Å². The number of hydrogen-bond donors (Lipinski definition) is 4. The van der Waals surface area contributed by atoms with Gasteiger partial charge in [-0.1, -0.05) is 29.8 Å². The van der Waals surface area contributed by atoms with Crippen molar-refractivity contribution in [2.75, 3.05) is 16.8 Å². The van der Waals surface area contributed by atoms with Gasteiger partial charge < -0.3 is 25.9 Å². The van der Waals surface area contributed by atoms with Crippen molar-refractivity contribution in [3.8, 4) is 0 Å². The zero-order valence-corrected chi connectivity index (χ0v) is 22.9. The van der Waals surface area contributed by atoms with E-state index in [2.05, 4.69) is 16.0 Å². The normalized spacial score (nSPS) is 11.9. The standard InChI is InChI=1S/C28H32N4O8/c1-15-10-16(2)25(17(3)11-15)26(38)27(39)29-18(4)28(40)32(13-23(35)31-20(14-33)12-24(36)37)22-9-7-6-8-21(22)30-19(5)34/h6-11,14,18,20H,12-13H2,1-5H3,(H,29,39)(H,30,34)(H,31,35)(H,36,37). The van der Waals surface area contributed by atoms with Crippen LogP contribution in [0.3, 0.4) is 0 Å². The van der Waals surface area contributed by atoms with Crippen LogP contribution < -0.4 is 20.9 Å². The highest BCUT2D eigenvalue weighted by Gasteiger charge is 2.30. The van der Waals surface area contributed by atoms with Gasteiger partial charge in [-0.05, 0) is 51.0 Å². The van der Waals surface area contributed by atoms with E-state index in [9.17, 15) is 33.6 Å². The zero-order valence-electron chi connectivity index (χ0n) is 22.9. The van der Waals surface area contributed by atoms with Gasteiger partial charge in [0.15, 0.2) is 0 Å². The van der Waals surface area contributed by atoms with E-state index in [0.29, 0.717) is 11.1 Å². The van der Waals surface area contributed by atoms with Crippen molar-refractivity contribution in [1.29, 1.82) is 0 Å². The molecule has 4 amide bonds. The summed E-state index contributed by atoms with van der Waals surface area (Å²) < 4.78 is 0. The molecule has 0 aliphatic heterocycles. The first-order valence-electron chi connectivity index (χ1n) is 12.3. The van der Waals surface area contributed by atoms with Crippen LogP contribution in [0.1, 0.15) is 47.3 Å². The first-order valence-corrected chi connectivity index (χ1v) is 12.3. The van der Waals surface area contributed by atoms with Crippen molar-refractivity contribution in [2.45, 2.75) is 53.1 Å². The quantitative estimate of drug-likeness (QED) is 0.174. The van der Waals surface area contributed by atoms with E-state index in [-0.39, 0.29) is 23.2 Å². The molecule has 0 spiro atoms. The molecule has 0 heterocycles. The van der Waals surface area contributed by atoms with Crippen molar-refractivity contribution in [3.05, 3.63) is 58.7 Å². The molecule has 0 aromatic heterocycles. The number of amides is 4. The van der Waals surface area contributed by atoms with Crippen LogP contribution in [0.2, 0.25) is 0 Å². The maximum absolute atomic E-state index is 13.6. The highest BCUT2D eigenvalue weighted by Crippen LogP contribution is 2.26. The predicted molar refractivity (Wildman–Crippen MR) is 146 cm³/mol. The number of carbonyl (C=O) groups excluding carboxylic acids is 6. The number of carboxylic acid groups (broad SMARTS) is 1. The maximum Gasteiger partial charge on any atom is 0.305 e. The van der Waals surface area contributed by atoms with Crippen molar-refractivity contribution >= 4 is 53.0 Å². The first-order chi connectivity index (χ1) is 18.7. The fourth-order valence-corrected chi connectivity index (χ4v) is 4.21. The second kappa shape index (κ2) is 13.8. The van der Waals surface area contributed by atoms with E-state index in [1.165, 1.54) is 26.0 Å². The van der Waals surface area contributed by atoms with Gasteiger partial charge in [-0.2, -0.15) is 0 Å². The van der Waals surface area contributed by atoms with Gasteiger partial charge in [-0.25, -0.2) is 0 Å². The molecule has 2 aromatic carbocycles. The summed E-state index contributed by atoms with van der Waals surface area (Å²) in [5.41, 5.74) is 2.61. The van der Waals surface area contributed by atoms with Gasteiger partial charge in [-0.3, -0.25) is 33.7 Å². The number of aryl methyl sites for hydroxylation is 3. The van der Waals surface area contributed by atoms with E-state index in [1.807, 2.05) is 6.92 Å². The molecule has 40 heavy (non-hydrogen) atoms. The highest BCUT2D eigenvalue weighted by atomic mass is 16.4. The summed E-state index contributed by atoms with van der Waals surface area (Å²) in [6, 6.07) is 6.95. The van der Waals surface area contributed by atoms with Crippen LogP contribution in [-0.2, 0) is 28.8 Å². The number of Topliss-reactive ketones (excluding diaryl/α,β-unsaturated/α-hetero) is 1. The Kier molecular flexibility index (Phi) is 10.8. The Morgan fingerprint density at radius 3 is 2.12 bits per heavy atom. The first kappa shape index (κ1) is 31.3. The number of anilines is 2. The summed E-state index contributed by atoms with van der Waals surface area (Å²) in [6.45, 7) is 7.14. The van der Waals surface area contributed by atoms with Crippen molar-refractivity contribution in [3.63, 3.8) is 0 Å². The van der Waals surface area contributed by atoms with E-state index in [4.69, 9.17) is 5.11 Å². The molecule has 0 aliphatic rings. The van der Waals surface area contributed by atoms with E-state index in [1.54, 1.807) is 38.1 Å². The monoisotopic (exact) mass is 552 g/mol. The number of hydrogen-bond acceptors (Lipinski definition) is 7. The zero-order chi connectivity index (χ0) is 30.1. The smallest absolute Gasteiger partial charge is 0.305 e. The van der Waals surface area contributed by atoms with Gasteiger partial charge in [0.05, 0.1) is 23.8 Å². The summed E-state index contributed by atoms with van der Waals surface area (Å²) >= 11 is 0. The van der Waals surface area contributed by atoms with Crippen LogP contribution in [0.5, 0.6) is 0 Å².